The Hall–Kier alpha value is -1.00. The minimum absolute atomic E-state index is 0.106. The molecule has 0 atom stereocenters. The van der Waals surface area contributed by atoms with Gasteiger partial charge in [-0.2, -0.15) is 0 Å². The number of carbonyl (C=O) groups is 1. The first-order chi connectivity index (χ1) is 6.83. The van der Waals surface area contributed by atoms with Gasteiger partial charge < -0.3 is 9.87 Å². The predicted octanol–water partition coefficient (Wildman–Crippen LogP) is 1.55. The van der Waals surface area contributed by atoms with Crippen LogP contribution in [0.5, 0.6) is 0 Å². The summed E-state index contributed by atoms with van der Waals surface area (Å²) in [5.41, 5.74) is 1.20. The Morgan fingerprint density at radius 3 is 2.71 bits per heavy atom. The summed E-state index contributed by atoms with van der Waals surface area (Å²) < 4.78 is 8.41. The van der Waals surface area contributed by atoms with Crippen molar-refractivity contribution in [2.24, 2.45) is 0 Å². The van der Waals surface area contributed by atoms with Crippen LogP contribution in [-0.2, 0) is 11.2 Å². The number of carbonyl (C=O) groups excluding carboxylic acids is 1. The molecule has 0 saturated carbocycles. The lowest BCUT2D eigenvalue weighted by molar-refractivity contribution is -0.118. The SMILES string of the molecule is O=C(CSO)NCCc1ccccc1. The fraction of sp³-hybridized carbons (Fsp3) is 0.300. The molecule has 0 aromatic heterocycles. The Kier molecular flexibility index (Phi) is 5.11. The van der Waals surface area contributed by atoms with Gasteiger partial charge in [-0.15, -0.1) is 0 Å². The molecule has 1 aromatic rings. The van der Waals surface area contributed by atoms with Gasteiger partial charge in [0.05, 0.1) is 5.75 Å². The van der Waals surface area contributed by atoms with Crippen LogP contribution in [0.15, 0.2) is 30.3 Å². The standard InChI is InChI=1S/C10H13NO2S/c12-10(8-14-13)11-7-6-9-4-2-1-3-5-9/h1-5,13H,6-8H2,(H,11,12). The molecular formula is C10H13NO2S. The summed E-state index contributed by atoms with van der Waals surface area (Å²) in [6.45, 7) is 0.614. The Morgan fingerprint density at radius 1 is 1.36 bits per heavy atom. The van der Waals surface area contributed by atoms with E-state index in [9.17, 15) is 4.79 Å². The van der Waals surface area contributed by atoms with Gasteiger partial charge >= 0.3 is 0 Å². The second-order valence-electron chi connectivity index (χ2n) is 2.86. The quantitative estimate of drug-likeness (QED) is 0.726. The first-order valence-corrected chi connectivity index (χ1v) is 5.34. The van der Waals surface area contributed by atoms with Crippen LogP contribution in [0.3, 0.4) is 0 Å². The topological polar surface area (TPSA) is 49.3 Å². The first-order valence-electron chi connectivity index (χ1n) is 4.40. The predicted molar refractivity (Wildman–Crippen MR) is 58.2 cm³/mol. The molecule has 76 valence electrons. The van der Waals surface area contributed by atoms with Crippen LogP contribution >= 0.6 is 12.0 Å². The van der Waals surface area contributed by atoms with Crippen molar-refractivity contribution in [3.8, 4) is 0 Å². The highest BCUT2D eigenvalue weighted by molar-refractivity contribution is 7.94. The normalized spacial score (nSPS) is 9.79. The van der Waals surface area contributed by atoms with Crippen LogP contribution in [0, 0.1) is 0 Å². The Bertz CT molecular complexity index is 277. The Morgan fingerprint density at radius 2 is 2.07 bits per heavy atom. The molecule has 0 aliphatic rings. The van der Waals surface area contributed by atoms with Crippen molar-refractivity contribution in [3.05, 3.63) is 35.9 Å². The van der Waals surface area contributed by atoms with E-state index in [1.807, 2.05) is 30.3 Å². The summed E-state index contributed by atoms with van der Waals surface area (Å²) in [5.74, 6) is -0.0251. The maximum Gasteiger partial charge on any atom is 0.232 e. The summed E-state index contributed by atoms with van der Waals surface area (Å²) in [5, 5.41) is 2.71. The van der Waals surface area contributed by atoms with Crippen LogP contribution in [0.25, 0.3) is 0 Å². The molecule has 1 rings (SSSR count). The highest BCUT2D eigenvalue weighted by Gasteiger charge is 1.99. The number of hydrogen-bond acceptors (Lipinski definition) is 3. The van der Waals surface area contributed by atoms with Crippen LogP contribution in [0.4, 0.5) is 0 Å². The third-order valence-electron chi connectivity index (χ3n) is 1.77. The fourth-order valence-electron chi connectivity index (χ4n) is 1.10. The number of nitrogens with one attached hydrogen (secondary N) is 1. The summed E-state index contributed by atoms with van der Waals surface area (Å²) in [6.07, 6.45) is 0.822. The summed E-state index contributed by atoms with van der Waals surface area (Å²) in [7, 11) is 0. The molecule has 1 aromatic carbocycles. The van der Waals surface area contributed by atoms with Crippen molar-refractivity contribution in [2.45, 2.75) is 6.42 Å². The third kappa shape index (κ3) is 4.30. The molecule has 0 heterocycles. The number of amides is 1. The van der Waals surface area contributed by atoms with Crippen LogP contribution in [0.1, 0.15) is 5.56 Å². The second kappa shape index (κ2) is 6.45. The molecule has 0 aliphatic heterocycles. The van der Waals surface area contributed by atoms with Gasteiger partial charge in [-0.05, 0) is 24.0 Å². The summed E-state index contributed by atoms with van der Waals surface area (Å²) in [4.78, 5) is 10.9. The largest absolute Gasteiger partial charge is 0.355 e. The molecule has 4 heteroatoms. The summed E-state index contributed by atoms with van der Waals surface area (Å²) >= 11 is 0.544. The summed E-state index contributed by atoms with van der Waals surface area (Å²) in [6, 6.07) is 9.95. The molecule has 14 heavy (non-hydrogen) atoms. The fourth-order valence-corrected chi connectivity index (χ4v) is 1.32. The van der Waals surface area contributed by atoms with Crippen molar-refractivity contribution in [2.75, 3.05) is 12.3 Å². The number of rotatable bonds is 5. The van der Waals surface area contributed by atoms with E-state index < -0.39 is 0 Å². The van der Waals surface area contributed by atoms with E-state index in [-0.39, 0.29) is 11.7 Å². The van der Waals surface area contributed by atoms with Gasteiger partial charge in [0.2, 0.25) is 5.91 Å². The van der Waals surface area contributed by atoms with Crippen molar-refractivity contribution in [1.82, 2.24) is 5.32 Å². The van der Waals surface area contributed by atoms with Crippen molar-refractivity contribution < 1.29 is 9.35 Å². The van der Waals surface area contributed by atoms with E-state index in [4.69, 9.17) is 4.55 Å². The minimum atomic E-state index is -0.131. The Labute approximate surface area is 87.7 Å². The highest BCUT2D eigenvalue weighted by Crippen LogP contribution is 1.98. The van der Waals surface area contributed by atoms with Gasteiger partial charge in [-0.1, -0.05) is 30.3 Å². The molecule has 0 radical (unpaired) electrons. The van der Waals surface area contributed by atoms with Gasteiger partial charge in [-0.3, -0.25) is 4.79 Å². The third-order valence-corrected chi connectivity index (χ3v) is 2.17. The first kappa shape index (κ1) is 11.1. The minimum Gasteiger partial charge on any atom is -0.355 e. The smallest absolute Gasteiger partial charge is 0.232 e. The van der Waals surface area contributed by atoms with E-state index >= 15 is 0 Å². The molecule has 0 spiro atoms. The zero-order valence-corrected chi connectivity index (χ0v) is 8.59. The van der Waals surface area contributed by atoms with E-state index in [2.05, 4.69) is 5.32 Å². The Balaban J connectivity index is 2.19. The van der Waals surface area contributed by atoms with E-state index in [0.29, 0.717) is 18.6 Å². The van der Waals surface area contributed by atoms with E-state index in [1.165, 1.54) is 5.56 Å². The second-order valence-corrected chi connectivity index (χ2v) is 3.41. The molecule has 0 bridgehead atoms. The lowest BCUT2D eigenvalue weighted by atomic mass is 10.1. The van der Waals surface area contributed by atoms with Gasteiger partial charge in [-0.25, -0.2) is 0 Å². The lowest BCUT2D eigenvalue weighted by Crippen LogP contribution is -2.27. The average molecular weight is 211 g/mol. The van der Waals surface area contributed by atoms with E-state index in [1.54, 1.807) is 0 Å². The molecule has 0 aliphatic carbocycles. The van der Waals surface area contributed by atoms with Gasteiger partial charge in [0.1, 0.15) is 0 Å². The molecular weight excluding hydrogens is 198 g/mol. The highest BCUT2D eigenvalue weighted by atomic mass is 32.2. The number of benzene rings is 1. The maximum absolute atomic E-state index is 10.9. The monoisotopic (exact) mass is 211 g/mol. The maximum atomic E-state index is 10.9. The van der Waals surface area contributed by atoms with Crippen LogP contribution in [0.2, 0.25) is 0 Å². The van der Waals surface area contributed by atoms with Gasteiger partial charge in [0, 0.05) is 6.54 Å². The van der Waals surface area contributed by atoms with Gasteiger partial charge in [0.25, 0.3) is 0 Å². The zero-order valence-electron chi connectivity index (χ0n) is 7.77. The molecule has 1 amide bonds. The van der Waals surface area contributed by atoms with Crippen LogP contribution in [-0.4, -0.2) is 22.8 Å². The average Bonchev–Trinajstić information content (AvgIpc) is 2.20. The number of hydrogen-bond donors (Lipinski definition) is 2. The molecule has 0 fully saturated rings. The molecule has 3 nitrogen and oxygen atoms in total. The van der Waals surface area contributed by atoms with Crippen molar-refractivity contribution in [1.29, 1.82) is 0 Å². The molecule has 0 saturated heterocycles. The van der Waals surface area contributed by atoms with Crippen molar-refractivity contribution in [3.63, 3.8) is 0 Å². The molecule has 2 N–H and O–H groups in total. The van der Waals surface area contributed by atoms with Gasteiger partial charge in [0.15, 0.2) is 0 Å². The van der Waals surface area contributed by atoms with Crippen molar-refractivity contribution >= 4 is 17.9 Å². The van der Waals surface area contributed by atoms with Crippen LogP contribution < -0.4 is 5.32 Å². The molecule has 0 unspecified atom stereocenters. The zero-order chi connectivity index (χ0) is 10.2. The van der Waals surface area contributed by atoms with E-state index in [0.717, 1.165) is 6.42 Å². The lowest BCUT2D eigenvalue weighted by Gasteiger charge is -2.03.